The summed E-state index contributed by atoms with van der Waals surface area (Å²) in [6.07, 6.45) is 0. The molecular formula is C22H28F2N4O. The lowest BCUT2D eigenvalue weighted by Crippen LogP contribution is -2.46. The fraction of sp³-hybridized carbons (Fsp3) is 0.409. The zero-order valence-electron chi connectivity index (χ0n) is 16.9. The van der Waals surface area contributed by atoms with E-state index in [1.165, 1.54) is 17.2 Å². The number of aryl methyl sites for hydroxylation is 1. The van der Waals surface area contributed by atoms with Gasteiger partial charge in [0, 0.05) is 38.8 Å². The lowest BCUT2D eigenvalue weighted by Gasteiger charge is -2.35. The highest BCUT2D eigenvalue weighted by Gasteiger charge is 2.23. The second kappa shape index (κ2) is 10.3. The van der Waals surface area contributed by atoms with Gasteiger partial charge in [-0.05, 0) is 30.7 Å². The van der Waals surface area contributed by atoms with E-state index in [1.54, 1.807) is 7.05 Å². The SMILES string of the molecule is CN=C(NCc1cc(F)ccc1F)NCC(c1cccc(C)c1)N1CCOCC1. The molecule has 1 aliphatic rings. The molecule has 1 atom stereocenters. The smallest absolute Gasteiger partial charge is 0.191 e. The zero-order chi connectivity index (χ0) is 20.6. The zero-order valence-corrected chi connectivity index (χ0v) is 16.9. The number of ether oxygens (including phenoxy) is 1. The molecule has 2 aromatic rings. The molecule has 0 amide bonds. The predicted octanol–water partition coefficient (Wildman–Crippen LogP) is 3.01. The highest BCUT2D eigenvalue weighted by atomic mass is 19.1. The predicted molar refractivity (Wildman–Crippen MR) is 111 cm³/mol. The minimum absolute atomic E-state index is 0.149. The Morgan fingerprint density at radius 2 is 1.93 bits per heavy atom. The lowest BCUT2D eigenvalue weighted by molar-refractivity contribution is 0.0170. The maximum absolute atomic E-state index is 13.9. The normalized spacial score (nSPS) is 16.5. The van der Waals surface area contributed by atoms with Gasteiger partial charge in [0.1, 0.15) is 11.6 Å². The van der Waals surface area contributed by atoms with Crippen molar-refractivity contribution < 1.29 is 13.5 Å². The number of aliphatic imine (C=N–C) groups is 1. The fourth-order valence-corrected chi connectivity index (χ4v) is 3.50. The van der Waals surface area contributed by atoms with E-state index in [1.807, 2.05) is 0 Å². The van der Waals surface area contributed by atoms with Crippen LogP contribution in [0.4, 0.5) is 8.78 Å². The van der Waals surface area contributed by atoms with Gasteiger partial charge in [-0.2, -0.15) is 0 Å². The Kier molecular flexibility index (Phi) is 7.55. The molecular weight excluding hydrogens is 374 g/mol. The topological polar surface area (TPSA) is 48.9 Å². The molecule has 0 spiro atoms. The molecule has 1 unspecified atom stereocenters. The van der Waals surface area contributed by atoms with Crippen molar-refractivity contribution in [2.45, 2.75) is 19.5 Å². The number of rotatable bonds is 6. The third-order valence-corrected chi connectivity index (χ3v) is 5.05. The van der Waals surface area contributed by atoms with Gasteiger partial charge in [-0.15, -0.1) is 0 Å². The quantitative estimate of drug-likeness (QED) is 0.576. The summed E-state index contributed by atoms with van der Waals surface area (Å²) < 4.78 is 32.7. The van der Waals surface area contributed by atoms with Crippen LogP contribution in [0, 0.1) is 18.6 Å². The average molecular weight is 402 g/mol. The number of hydrogen-bond donors (Lipinski definition) is 2. The third-order valence-electron chi connectivity index (χ3n) is 5.05. The second-order valence-corrected chi connectivity index (χ2v) is 7.12. The first-order chi connectivity index (χ1) is 14.1. The van der Waals surface area contributed by atoms with Crippen LogP contribution in [-0.2, 0) is 11.3 Å². The summed E-state index contributed by atoms with van der Waals surface area (Å²) in [7, 11) is 1.66. The summed E-state index contributed by atoms with van der Waals surface area (Å²) in [4.78, 5) is 6.61. The minimum atomic E-state index is -0.460. The van der Waals surface area contributed by atoms with Crippen LogP contribution in [0.3, 0.4) is 0 Å². The molecule has 0 saturated carbocycles. The van der Waals surface area contributed by atoms with Gasteiger partial charge in [0.25, 0.3) is 0 Å². The molecule has 0 radical (unpaired) electrons. The van der Waals surface area contributed by atoms with Crippen molar-refractivity contribution in [2.24, 2.45) is 4.99 Å². The Morgan fingerprint density at radius 3 is 2.66 bits per heavy atom. The van der Waals surface area contributed by atoms with Crippen molar-refractivity contribution in [3.05, 3.63) is 70.8 Å². The maximum atomic E-state index is 13.9. The number of guanidine groups is 1. The Morgan fingerprint density at radius 1 is 1.14 bits per heavy atom. The molecule has 1 heterocycles. The largest absolute Gasteiger partial charge is 0.379 e. The van der Waals surface area contributed by atoms with E-state index in [0.29, 0.717) is 25.7 Å². The molecule has 1 saturated heterocycles. The van der Waals surface area contributed by atoms with Crippen molar-refractivity contribution in [2.75, 3.05) is 39.9 Å². The highest BCUT2D eigenvalue weighted by Crippen LogP contribution is 2.22. The van der Waals surface area contributed by atoms with E-state index in [4.69, 9.17) is 4.74 Å². The van der Waals surface area contributed by atoms with Crippen molar-refractivity contribution >= 4 is 5.96 Å². The summed E-state index contributed by atoms with van der Waals surface area (Å²) in [5.41, 5.74) is 2.70. The Labute approximate surface area is 170 Å². The van der Waals surface area contributed by atoms with E-state index >= 15 is 0 Å². The van der Waals surface area contributed by atoms with Crippen molar-refractivity contribution in [3.8, 4) is 0 Å². The first-order valence-corrected chi connectivity index (χ1v) is 9.83. The van der Waals surface area contributed by atoms with E-state index < -0.39 is 11.6 Å². The lowest BCUT2D eigenvalue weighted by atomic mass is 10.0. The van der Waals surface area contributed by atoms with E-state index in [2.05, 4.69) is 51.7 Å². The molecule has 156 valence electrons. The standard InChI is InChI=1S/C22H28F2N4O/c1-16-4-3-5-17(12-16)21(28-8-10-29-11-9-28)15-27-22(25-2)26-14-18-13-19(23)6-7-20(18)24/h3-7,12-13,21H,8-11,14-15H2,1-2H3,(H2,25,26,27). The summed E-state index contributed by atoms with van der Waals surface area (Å²) in [5.74, 6) is -0.363. The first kappa shape index (κ1) is 21.2. The van der Waals surface area contributed by atoms with Gasteiger partial charge >= 0.3 is 0 Å². The van der Waals surface area contributed by atoms with Crippen LogP contribution >= 0.6 is 0 Å². The van der Waals surface area contributed by atoms with Gasteiger partial charge < -0.3 is 15.4 Å². The van der Waals surface area contributed by atoms with Crippen LogP contribution in [0.25, 0.3) is 0 Å². The van der Waals surface area contributed by atoms with Crippen LogP contribution in [0.15, 0.2) is 47.5 Å². The second-order valence-electron chi connectivity index (χ2n) is 7.12. The molecule has 0 bridgehead atoms. The molecule has 1 fully saturated rings. The van der Waals surface area contributed by atoms with Crippen LogP contribution in [0.2, 0.25) is 0 Å². The summed E-state index contributed by atoms with van der Waals surface area (Å²) in [6.45, 7) is 6.02. The number of morpholine rings is 1. The third kappa shape index (κ3) is 5.98. The molecule has 3 rings (SSSR count). The number of nitrogens with zero attached hydrogens (tertiary/aromatic N) is 2. The number of hydrogen-bond acceptors (Lipinski definition) is 3. The van der Waals surface area contributed by atoms with Crippen LogP contribution in [0.5, 0.6) is 0 Å². The van der Waals surface area contributed by atoms with Gasteiger partial charge in [0.05, 0.1) is 19.3 Å². The molecule has 0 aromatic heterocycles. The van der Waals surface area contributed by atoms with Gasteiger partial charge in [0.15, 0.2) is 5.96 Å². The molecule has 2 aromatic carbocycles. The van der Waals surface area contributed by atoms with Gasteiger partial charge in [0.2, 0.25) is 0 Å². The number of halogens is 2. The Hall–Kier alpha value is -2.51. The number of nitrogens with one attached hydrogen (secondary N) is 2. The fourth-order valence-electron chi connectivity index (χ4n) is 3.50. The van der Waals surface area contributed by atoms with Crippen molar-refractivity contribution in [1.82, 2.24) is 15.5 Å². The van der Waals surface area contributed by atoms with E-state index in [0.717, 1.165) is 25.2 Å². The Balaban J connectivity index is 1.66. The number of benzene rings is 2. The highest BCUT2D eigenvalue weighted by molar-refractivity contribution is 5.79. The summed E-state index contributed by atoms with van der Waals surface area (Å²) in [6, 6.07) is 12.1. The van der Waals surface area contributed by atoms with Crippen LogP contribution < -0.4 is 10.6 Å². The van der Waals surface area contributed by atoms with Crippen molar-refractivity contribution in [1.29, 1.82) is 0 Å². The van der Waals surface area contributed by atoms with Crippen LogP contribution in [-0.4, -0.2) is 50.8 Å². The van der Waals surface area contributed by atoms with E-state index in [-0.39, 0.29) is 18.2 Å². The summed E-state index contributed by atoms with van der Waals surface area (Å²) >= 11 is 0. The summed E-state index contributed by atoms with van der Waals surface area (Å²) in [5, 5.41) is 6.39. The van der Waals surface area contributed by atoms with Gasteiger partial charge in [-0.1, -0.05) is 29.8 Å². The molecule has 29 heavy (non-hydrogen) atoms. The van der Waals surface area contributed by atoms with Gasteiger partial charge in [-0.3, -0.25) is 9.89 Å². The molecule has 5 nitrogen and oxygen atoms in total. The molecule has 2 N–H and O–H groups in total. The monoisotopic (exact) mass is 402 g/mol. The first-order valence-electron chi connectivity index (χ1n) is 9.83. The van der Waals surface area contributed by atoms with Gasteiger partial charge in [-0.25, -0.2) is 8.78 Å². The molecule has 1 aliphatic heterocycles. The minimum Gasteiger partial charge on any atom is -0.379 e. The molecule has 7 heteroatoms. The van der Waals surface area contributed by atoms with Crippen LogP contribution in [0.1, 0.15) is 22.7 Å². The van der Waals surface area contributed by atoms with Crippen molar-refractivity contribution in [3.63, 3.8) is 0 Å². The maximum Gasteiger partial charge on any atom is 0.191 e. The Bertz CT molecular complexity index is 837. The molecule has 0 aliphatic carbocycles. The average Bonchev–Trinajstić information content (AvgIpc) is 2.73. The van der Waals surface area contributed by atoms with E-state index in [9.17, 15) is 8.78 Å².